The van der Waals surface area contributed by atoms with Crippen LogP contribution in [0, 0.1) is 0 Å². The first kappa shape index (κ1) is 15.7. The van der Waals surface area contributed by atoms with E-state index in [2.05, 4.69) is 10.6 Å². The van der Waals surface area contributed by atoms with E-state index in [1.165, 1.54) is 12.1 Å². The number of nitrogens with one attached hydrogen (secondary N) is 2. The number of carbonyl (C=O) groups excluding carboxylic acids is 2. The van der Waals surface area contributed by atoms with Gasteiger partial charge in [-0.25, -0.2) is 4.79 Å². The van der Waals surface area contributed by atoms with Crippen LogP contribution in [0.15, 0.2) is 16.5 Å². The summed E-state index contributed by atoms with van der Waals surface area (Å²) in [5, 5.41) is 13.9. The number of amides is 2. The van der Waals surface area contributed by atoms with Crippen molar-refractivity contribution in [1.29, 1.82) is 0 Å². The third kappa shape index (κ3) is 5.55. The maximum Gasteiger partial charge on any atom is 0.371 e. The summed E-state index contributed by atoms with van der Waals surface area (Å²) in [4.78, 5) is 33.2. The van der Waals surface area contributed by atoms with Gasteiger partial charge in [-0.05, 0) is 25.5 Å². The molecule has 1 heterocycles. The largest absolute Gasteiger partial charge is 0.475 e. The molecule has 0 bridgehead atoms. The minimum absolute atomic E-state index is 0.0718. The predicted molar refractivity (Wildman–Crippen MR) is 70.0 cm³/mol. The van der Waals surface area contributed by atoms with Gasteiger partial charge >= 0.3 is 5.97 Å². The van der Waals surface area contributed by atoms with Crippen LogP contribution in [-0.2, 0) is 16.1 Å². The summed E-state index contributed by atoms with van der Waals surface area (Å²) < 4.78 is 4.99. The highest BCUT2D eigenvalue weighted by molar-refractivity contribution is 5.84. The molecule has 0 aromatic carbocycles. The summed E-state index contributed by atoms with van der Waals surface area (Å²) in [7, 11) is 0. The lowest BCUT2D eigenvalue weighted by Gasteiger charge is -2.03. The average molecular weight is 282 g/mol. The van der Waals surface area contributed by atoms with Gasteiger partial charge in [0.15, 0.2) is 0 Å². The standard InChI is InChI=1S/C13H18N2O5/c1-2-14-11(16)4-3-5-12(17)15-8-9-6-7-10(20-9)13(18)19/h6-7H,2-5,8H2,1H3,(H,14,16)(H,15,17)(H,18,19). The van der Waals surface area contributed by atoms with Gasteiger partial charge in [0.2, 0.25) is 17.6 Å². The lowest BCUT2D eigenvalue weighted by Crippen LogP contribution is -2.25. The molecule has 0 fully saturated rings. The third-order valence-electron chi connectivity index (χ3n) is 2.51. The van der Waals surface area contributed by atoms with Crippen molar-refractivity contribution in [3.8, 4) is 0 Å². The van der Waals surface area contributed by atoms with Crippen LogP contribution in [-0.4, -0.2) is 29.4 Å². The predicted octanol–water partition coefficient (Wildman–Crippen LogP) is 0.900. The number of carbonyl (C=O) groups is 3. The van der Waals surface area contributed by atoms with Gasteiger partial charge in [0.05, 0.1) is 6.54 Å². The van der Waals surface area contributed by atoms with Crippen LogP contribution in [0.25, 0.3) is 0 Å². The SMILES string of the molecule is CCNC(=O)CCCC(=O)NCc1ccc(C(=O)O)o1. The van der Waals surface area contributed by atoms with Crippen molar-refractivity contribution < 1.29 is 23.9 Å². The summed E-state index contributed by atoms with van der Waals surface area (Å²) >= 11 is 0. The van der Waals surface area contributed by atoms with E-state index in [0.717, 1.165) is 0 Å². The number of furan rings is 1. The molecule has 1 aromatic heterocycles. The zero-order valence-corrected chi connectivity index (χ0v) is 11.3. The second kappa shape index (κ2) is 7.98. The summed E-state index contributed by atoms with van der Waals surface area (Å²) in [6.45, 7) is 2.54. The molecule has 2 amide bonds. The van der Waals surface area contributed by atoms with Crippen LogP contribution in [0.1, 0.15) is 42.5 Å². The van der Waals surface area contributed by atoms with Gasteiger partial charge in [-0.2, -0.15) is 0 Å². The first-order valence-corrected chi connectivity index (χ1v) is 6.38. The van der Waals surface area contributed by atoms with Gasteiger partial charge < -0.3 is 20.2 Å². The summed E-state index contributed by atoms with van der Waals surface area (Å²) in [5.74, 6) is -1.21. The average Bonchev–Trinajstić information content (AvgIpc) is 2.85. The Kier molecular flexibility index (Phi) is 6.28. The molecule has 20 heavy (non-hydrogen) atoms. The molecule has 7 heteroatoms. The van der Waals surface area contributed by atoms with E-state index < -0.39 is 5.97 Å². The molecule has 0 aliphatic heterocycles. The van der Waals surface area contributed by atoms with Crippen molar-refractivity contribution in [1.82, 2.24) is 10.6 Å². The van der Waals surface area contributed by atoms with Gasteiger partial charge in [0.25, 0.3) is 0 Å². The van der Waals surface area contributed by atoms with Crippen LogP contribution >= 0.6 is 0 Å². The zero-order valence-electron chi connectivity index (χ0n) is 11.3. The van der Waals surface area contributed by atoms with E-state index in [-0.39, 0.29) is 30.5 Å². The summed E-state index contributed by atoms with van der Waals surface area (Å²) in [5.41, 5.74) is 0. The van der Waals surface area contributed by atoms with Gasteiger partial charge in [-0.3, -0.25) is 9.59 Å². The Morgan fingerprint density at radius 1 is 1.15 bits per heavy atom. The molecule has 0 atom stereocenters. The molecule has 0 aliphatic rings. The normalized spacial score (nSPS) is 10.1. The van der Waals surface area contributed by atoms with Crippen molar-refractivity contribution in [3.05, 3.63) is 23.7 Å². The quantitative estimate of drug-likeness (QED) is 0.656. The van der Waals surface area contributed by atoms with Crippen molar-refractivity contribution in [2.24, 2.45) is 0 Å². The van der Waals surface area contributed by atoms with Crippen molar-refractivity contribution >= 4 is 17.8 Å². The molecule has 0 unspecified atom stereocenters. The van der Waals surface area contributed by atoms with Gasteiger partial charge in [-0.15, -0.1) is 0 Å². The molecule has 1 rings (SSSR count). The number of carboxylic acid groups (broad SMARTS) is 1. The first-order valence-electron chi connectivity index (χ1n) is 6.38. The Bertz CT molecular complexity index is 481. The number of hydrogen-bond acceptors (Lipinski definition) is 4. The van der Waals surface area contributed by atoms with Gasteiger partial charge in [0.1, 0.15) is 5.76 Å². The lowest BCUT2D eigenvalue weighted by molar-refractivity contribution is -0.122. The molecule has 0 spiro atoms. The first-order chi connectivity index (χ1) is 9.52. The van der Waals surface area contributed by atoms with E-state index in [4.69, 9.17) is 9.52 Å². The van der Waals surface area contributed by atoms with E-state index in [9.17, 15) is 14.4 Å². The number of rotatable bonds is 8. The lowest BCUT2D eigenvalue weighted by atomic mass is 10.2. The molecule has 0 radical (unpaired) electrons. The summed E-state index contributed by atoms with van der Waals surface area (Å²) in [6.07, 6.45) is 1.02. The fourth-order valence-electron chi connectivity index (χ4n) is 1.56. The molecular formula is C13H18N2O5. The summed E-state index contributed by atoms with van der Waals surface area (Å²) in [6, 6.07) is 2.83. The second-order valence-corrected chi connectivity index (χ2v) is 4.15. The minimum atomic E-state index is -1.15. The van der Waals surface area contributed by atoms with Crippen molar-refractivity contribution in [2.45, 2.75) is 32.7 Å². The van der Waals surface area contributed by atoms with Crippen LogP contribution in [0.2, 0.25) is 0 Å². The maximum atomic E-state index is 11.5. The Balaban J connectivity index is 2.22. The van der Waals surface area contributed by atoms with Crippen LogP contribution < -0.4 is 10.6 Å². The number of hydrogen-bond donors (Lipinski definition) is 3. The van der Waals surface area contributed by atoms with E-state index in [1.54, 1.807) is 0 Å². The Hall–Kier alpha value is -2.31. The molecule has 0 saturated heterocycles. The Morgan fingerprint density at radius 2 is 1.80 bits per heavy atom. The highest BCUT2D eigenvalue weighted by Gasteiger charge is 2.10. The molecule has 0 aliphatic carbocycles. The van der Waals surface area contributed by atoms with Crippen LogP contribution in [0.3, 0.4) is 0 Å². The third-order valence-corrected chi connectivity index (χ3v) is 2.51. The van der Waals surface area contributed by atoms with Gasteiger partial charge in [0, 0.05) is 19.4 Å². The Morgan fingerprint density at radius 3 is 2.35 bits per heavy atom. The highest BCUT2D eigenvalue weighted by atomic mass is 16.4. The van der Waals surface area contributed by atoms with E-state index >= 15 is 0 Å². The van der Waals surface area contributed by atoms with Crippen molar-refractivity contribution in [3.63, 3.8) is 0 Å². The van der Waals surface area contributed by atoms with Crippen LogP contribution in [0.4, 0.5) is 0 Å². The topological polar surface area (TPSA) is 109 Å². The molecular weight excluding hydrogens is 264 g/mol. The van der Waals surface area contributed by atoms with E-state index in [0.29, 0.717) is 25.1 Å². The van der Waals surface area contributed by atoms with Crippen molar-refractivity contribution in [2.75, 3.05) is 6.54 Å². The zero-order chi connectivity index (χ0) is 15.0. The molecule has 3 N–H and O–H groups in total. The van der Waals surface area contributed by atoms with E-state index in [1.807, 2.05) is 6.92 Å². The fraction of sp³-hybridized carbons (Fsp3) is 0.462. The second-order valence-electron chi connectivity index (χ2n) is 4.15. The molecule has 110 valence electrons. The minimum Gasteiger partial charge on any atom is -0.475 e. The number of aromatic carboxylic acids is 1. The molecule has 1 aromatic rings. The molecule has 7 nitrogen and oxygen atoms in total. The highest BCUT2D eigenvalue weighted by Crippen LogP contribution is 2.07. The fourth-order valence-corrected chi connectivity index (χ4v) is 1.56. The van der Waals surface area contributed by atoms with Crippen LogP contribution in [0.5, 0.6) is 0 Å². The smallest absolute Gasteiger partial charge is 0.371 e. The number of carboxylic acids is 1. The molecule has 0 saturated carbocycles. The van der Waals surface area contributed by atoms with Gasteiger partial charge in [-0.1, -0.05) is 0 Å². The Labute approximate surface area is 116 Å². The maximum absolute atomic E-state index is 11.5. The monoisotopic (exact) mass is 282 g/mol.